The molecule has 0 saturated carbocycles. The quantitative estimate of drug-likeness (QED) is 0.888. The van der Waals surface area contributed by atoms with E-state index in [1.807, 2.05) is 0 Å². The van der Waals surface area contributed by atoms with Crippen LogP contribution in [0.2, 0.25) is 5.02 Å². The van der Waals surface area contributed by atoms with Crippen molar-refractivity contribution >= 4 is 11.6 Å². The summed E-state index contributed by atoms with van der Waals surface area (Å²) in [4.78, 5) is 0. The highest BCUT2D eigenvalue weighted by Gasteiger charge is 2.10. The van der Waals surface area contributed by atoms with Crippen molar-refractivity contribution in [3.8, 4) is 11.5 Å². The highest BCUT2D eigenvalue weighted by Crippen LogP contribution is 2.31. The van der Waals surface area contributed by atoms with Crippen LogP contribution in [0.3, 0.4) is 0 Å². The van der Waals surface area contributed by atoms with Crippen LogP contribution >= 0.6 is 11.6 Å². The van der Waals surface area contributed by atoms with Crippen molar-refractivity contribution in [1.82, 2.24) is 0 Å². The van der Waals surface area contributed by atoms with Crippen LogP contribution in [0, 0.1) is 12.7 Å². The number of hydrogen-bond donors (Lipinski definition) is 1. The summed E-state index contributed by atoms with van der Waals surface area (Å²) in [5.74, 6) is 0.193. The average molecular weight is 281 g/mol. The molecule has 0 aromatic heterocycles. The van der Waals surface area contributed by atoms with Crippen LogP contribution in [-0.2, 0) is 0 Å². The Morgan fingerprint density at radius 3 is 2.63 bits per heavy atom. The summed E-state index contributed by atoms with van der Waals surface area (Å²) < 4.78 is 19.3. The Morgan fingerprint density at radius 1 is 1.26 bits per heavy atom. The van der Waals surface area contributed by atoms with Crippen molar-refractivity contribution in [3.63, 3.8) is 0 Å². The molecule has 2 aromatic carbocycles. The number of hydrogen-bond acceptors (Lipinski definition) is 2. The minimum Gasteiger partial charge on any atom is -0.454 e. The lowest BCUT2D eigenvalue weighted by Crippen LogP contribution is -1.94. The van der Waals surface area contributed by atoms with Crippen LogP contribution in [0.25, 0.3) is 0 Å². The minimum atomic E-state index is -0.655. The molecule has 0 bridgehead atoms. The molecule has 2 rings (SSSR count). The second-order valence-corrected chi connectivity index (χ2v) is 4.76. The molecule has 0 fully saturated rings. The van der Waals surface area contributed by atoms with Crippen LogP contribution < -0.4 is 4.74 Å². The fourth-order valence-electron chi connectivity index (χ4n) is 1.74. The minimum absolute atomic E-state index is 0.154. The van der Waals surface area contributed by atoms with Crippen LogP contribution in [0.1, 0.15) is 24.2 Å². The molecule has 0 heterocycles. The number of halogens is 2. The Balaban J connectivity index is 2.29. The average Bonchev–Trinajstić information content (AvgIpc) is 2.34. The number of aliphatic hydroxyl groups is 1. The SMILES string of the molecule is Cc1cccc(Oc2ccc(C(C)O)c(Cl)c2)c1F. The third kappa shape index (κ3) is 3.06. The number of aryl methyl sites for hydroxylation is 1. The molecule has 0 saturated heterocycles. The molecule has 19 heavy (non-hydrogen) atoms. The maximum atomic E-state index is 13.8. The fourth-order valence-corrected chi connectivity index (χ4v) is 2.06. The van der Waals surface area contributed by atoms with E-state index < -0.39 is 11.9 Å². The zero-order valence-electron chi connectivity index (χ0n) is 10.7. The van der Waals surface area contributed by atoms with Gasteiger partial charge < -0.3 is 9.84 Å². The number of ether oxygens (including phenoxy) is 1. The summed E-state index contributed by atoms with van der Waals surface area (Å²) in [7, 11) is 0. The lowest BCUT2D eigenvalue weighted by atomic mass is 10.1. The van der Waals surface area contributed by atoms with Gasteiger partial charge in [-0.2, -0.15) is 0 Å². The van der Waals surface area contributed by atoms with Crippen LogP contribution in [0.5, 0.6) is 11.5 Å². The second kappa shape index (κ2) is 5.59. The molecule has 0 amide bonds. The first-order valence-corrected chi connectivity index (χ1v) is 6.27. The Labute approximate surface area is 116 Å². The maximum Gasteiger partial charge on any atom is 0.168 e. The molecule has 0 aliphatic heterocycles. The van der Waals surface area contributed by atoms with Crippen molar-refractivity contribution in [3.05, 3.63) is 58.4 Å². The van der Waals surface area contributed by atoms with Crippen LogP contribution in [0.15, 0.2) is 36.4 Å². The summed E-state index contributed by atoms with van der Waals surface area (Å²) in [6, 6.07) is 9.82. The van der Waals surface area contributed by atoms with Gasteiger partial charge in [-0.1, -0.05) is 29.8 Å². The lowest BCUT2D eigenvalue weighted by Gasteiger charge is -2.11. The van der Waals surface area contributed by atoms with Gasteiger partial charge in [-0.25, -0.2) is 4.39 Å². The van der Waals surface area contributed by atoms with E-state index in [1.54, 1.807) is 50.2 Å². The molecule has 0 aliphatic carbocycles. The van der Waals surface area contributed by atoms with Gasteiger partial charge in [-0.3, -0.25) is 0 Å². The highest BCUT2D eigenvalue weighted by atomic mass is 35.5. The van der Waals surface area contributed by atoms with E-state index in [1.165, 1.54) is 0 Å². The van der Waals surface area contributed by atoms with Gasteiger partial charge in [0.15, 0.2) is 11.6 Å². The van der Waals surface area contributed by atoms with Gasteiger partial charge in [-0.15, -0.1) is 0 Å². The topological polar surface area (TPSA) is 29.5 Å². The number of aliphatic hydroxyl groups excluding tert-OH is 1. The molecular weight excluding hydrogens is 267 g/mol. The van der Waals surface area contributed by atoms with Crippen molar-refractivity contribution < 1.29 is 14.2 Å². The molecule has 1 N–H and O–H groups in total. The summed E-state index contributed by atoms with van der Waals surface area (Å²) in [6.45, 7) is 3.30. The zero-order valence-corrected chi connectivity index (χ0v) is 11.4. The number of rotatable bonds is 3. The molecular formula is C15H14ClFO2. The molecule has 2 nitrogen and oxygen atoms in total. The van der Waals surface area contributed by atoms with E-state index in [0.29, 0.717) is 21.9 Å². The van der Waals surface area contributed by atoms with Crippen LogP contribution in [-0.4, -0.2) is 5.11 Å². The predicted octanol–water partition coefficient (Wildman–Crippen LogP) is 4.63. The molecule has 0 radical (unpaired) electrons. The Hall–Kier alpha value is -1.58. The van der Waals surface area contributed by atoms with Crippen molar-refractivity contribution in [2.75, 3.05) is 0 Å². The Morgan fingerprint density at radius 2 is 2.00 bits per heavy atom. The van der Waals surface area contributed by atoms with Gasteiger partial charge in [-0.05, 0) is 43.2 Å². The second-order valence-electron chi connectivity index (χ2n) is 4.35. The molecule has 100 valence electrons. The van der Waals surface area contributed by atoms with Crippen LogP contribution in [0.4, 0.5) is 4.39 Å². The summed E-state index contributed by atoms with van der Waals surface area (Å²) in [5.41, 5.74) is 1.13. The largest absolute Gasteiger partial charge is 0.454 e. The standard InChI is InChI=1S/C15H14ClFO2/c1-9-4-3-5-14(15(9)17)19-11-6-7-12(10(2)18)13(16)8-11/h3-8,10,18H,1-2H3. The molecule has 0 spiro atoms. The third-order valence-corrected chi connectivity index (χ3v) is 3.13. The molecule has 0 aliphatic rings. The van der Waals surface area contributed by atoms with E-state index in [9.17, 15) is 9.50 Å². The van der Waals surface area contributed by atoms with Crippen molar-refractivity contribution in [2.45, 2.75) is 20.0 Å². The predicted molar refractivity (Wildman–Crippen MR) is 73.3 cm³/mol. The van der Waals surface area contributed by atoms with Gasteiger partial charge in [0.2, 0.25) is 0 Å². The van der Waals surface area contributed by atoms with Gasteiger partial charge in [0.25, 0.3) is 0 Å². The lowest BCUT2D eigenvalue weighted by molar-refractivity contribution is 0.199. The zero-order chi connectivity index (χ0) is 14.0. The van der Waals surface area contributed by atoms with Gasteiger partial charge in [0, 0.05) is 0 Å². The molecule has 1 unspecified atom stereocenters. The first-order chi connectivity index (χ1) is 8.99. The smallest absolute Gasteiger partial charge is 0.168 e. The first kappa shape index (κ1) is 13.8. The van der Waals surface area contributed by atoms with Gasteiger partial charge in [0.1, 0.15) is 5.75 Å². The highest BCUT2D eigenvalue weighted by molar-refractivity contribution is 6.31. The van der Waals surface area contributed by atoms with Crippen molar-refractivity contribution in [2.24, 2.45) is 0 Å². The Kier molecular flexibility index (Phi) is 4.08. The normalized spacial score (nSPS) is 12.3. The fraction of sp³-hybridized carbons (Fsp3) is 0.200. The van der Waals surface area contributed by atoms with E-state index >= 15 is 0 Å². The summed E-state index contributed by atoms with van der Waals surface area (Å²) in [6.07, 6.45) is -0.655. The van der Waals surface area contributed by atoms with E-state index in [-0.39, 0.29) is 5.75 Å². The summed E-state index contributed by atoms with van der Waals surface area (Å²) in [5, 5.41) is 9.87. The van der Waals surface area contributed by atoms with Crippen molar-refractivity contribution in [1.29, 1.82) is 0 Å². The Bertz CT molecular complexity index is 597. The van der Waals surface area contributed by atoms with E-state index in [2.05, 4.69) is 0 Å². The first-order valence-electron chi connectivity index (χ1n) is 5.89. The van der Waals surface area contributed by atoms with Gasteiger partial charge >= 0.3 is 0 Å². The van der Waals surface area contributed by atoms with E-state index in [0.717, 1.165) is 0 Å². The van der Waals surface area contributed by atoms with E-state index in [4.69, 9.17) is 16.3 Å². The molecule has 4 heteroatoms. The van der Waals surface area contributed by atoms with Gasteiger partial charge in [0.05, 0.1) is 11.1 Å². The molecule has 1 atom stereocenters. The molecule has 2 aromatic rings. The summed E-state index contributed by atoms with van der Waals surface area (Å²) >= 11 is 6.03. The number of benzene rings is 2. The third-order valence-electron chi connectivity index (χ3n) is 2.81. The monoisotopic (exact) mass is 280 g/mol. The maximum absolute atomic E-state index is 13.8.